The van der Waals surface area contributed by atoms with Crippen molar-refractivity contribution in [3.8, 4) is 0 Å². The molecule has 1 aliphatic rings. The molecule has 1 N–H and O–H groups in total. The van der Waals surface area contributed by atoms with Gasteiger partial charge in [-0.25, -0.2) is 4.98 Å². The van der Waals surface area contributed by atoms with Crippen LogP contribution < -0.4 is 0 Å². The SMILES string of the molecule is Cc1csc(CC(O)C2CCC(C)C(C)C2)n1. The van der Waals surface area contributed by atoms with Crippen molar-refractivity contribution in [3.63, 3.8) is 0 Å². The predicted octanol–water partition coefficient (Wildman–Crippen LogP) is 3.43. The zero-order valence-electron chi connectivity index (χ0n) is 11.0. The lowest BCUT2D eigenvalue weighted by Crippen LogP contribution is -2.30. The molecule has 2 rings (SSSR count). The largest absolute Gasteiger partial charge is 0.392 e. The van der Waals surface area contributed by atoms with Gasteiger partial charge in [0.15, 0.2) is 0 Å². The molecule has 4 atom stereocenters. The van der Waals surface area contributed by atoms with Crippen molar-refractivity contribution in [2.75, 3.05) is 0 Å². The van der Waals surface area contributed by atoms with E-state index in [2.05, 4.69) is 24.2 Å². The van der Waals surface area contributed by atoms with Crippen LogP contribution in [0.2, 0.25) is 0 Å². The second-order valence-corrected chi connectivity index (χ2v) is 6.62. The Kier molecular flexibility index (Phi) is 4.21. The average molecular weight is 253 g/mol. The second kappa shape index (κ2) is 5.49. The molecule has 0 bridgehead atoms. The Morgan fingerprint density at radius 3 is 2.76 bits per heavy atom. The quantitative estimate of drug-likeness (QED) is 0.895. The molecule has 0 radical (unpaired) electrons. The Balaban J connectivity index is 1.90. The van der Waals surface area contributed by atoms with Gasteiger partial charge < -0.3 is 5.11 Å². The van der Waals surface area contributed by atoms with Gasteiger partial charge in [-0.15, -0.1) is 11.3 Å². The molecule has 1 aliphatic carbocycles. The monoisotopic (exact) mass is 253 g/mol. The number of aliphatic hydroxyl groups is 1. The standard InChI is InChI=1S/C14H23NOS/c1-9-4-5-12(6-10(9)2)13(16)7-14-15-11(3)8-17-14/h8-10,12-13,16H,4-7H2,1-3H3. The summed E-state index contributed by atoms with van der Waals surface area (Å²) in [5.41, 5.74) is 1.07. The topological polar surface area (TPSA) is 33.1 Å². The summed E-state index contributed by atoms with van der Waals surface area (Å²) in [5, 5.41) is 13.5. The number of thiazole rings is 1. The Morgan fingerprint density at radius 1 is 1.41 bits per heavy atom. The minimum atomic E-state index is -0.199. The van der Waals surface area contributed by atoms with E-state index in [0.29, 0.717) is 5.92 Å². The van der Waals surface area contributed by atoms with Gasteiger partial charge in [0, 0.05) is 17.5 Å². The minimum Gasteiger partial charge on any atom is -0.392 e. The first-order chi connectivity index (χ1) is 8.06. The van der Waals surface area contributed by atoms with Crippen LogP contribution in [-0.2, 0) is 6.42 Å². The van der Waals surface area contributed by atoms with Crippen molar-refractivity contribution in [3.05, 3.63) is 16.1 Å². The molecule has 17 heavy (non-hydrogen) atoms. The molecule has 0 spiro atoms. The number of hydrogen-bond acceptors (Lipinski definition) is 3. The van der Waals surface area contributed by atoms with Crippen molar-refractivity contribution in [2.24, 2.45) is 17.8 Å². The van der Waals surface area contributed by atoms with Crippen LogP contribution in [0.1, 0.15) is 43.8 Å². The van der Waals surface area contributed by atoms with Gasteiger partial charge in [0.25, 0.3) is 0 Å². The maximum atomic E-state index is 10.3. The lowest BCUT2D eigenvalue weighted by atomic mass is 9.73. The number of rotatable bonds is 3. The van der Waals surface area contributed by atoms with Crippen molar-refractivity contribution < 1.29 is 5.11 Å². The van der Waals surface area contributed by atoms with Crippen LogP contribution in [0.25, 0.3) is 0 Å². The Morgan fingerprint density at radius 2 is 2.18 bits per heavy atom. The molecular weight excluding hydrogens is 230 g/mol. The van der Waals surface area contributed by atoms with E-state index in [1.54, 1.807) is 11.3 Å². The summed E-state index contributed by atoms with van der Waals surface area (Å²) in [5.74, 6) is 2.05. The van der Waals surface area contributed by atoms with E-state index in [1.165, 1.54) is 19.3 Å². The molecule has 2 nitrogen and oxygen atoms in total. The fourth-order valence-electron chi connectivity index (χ4n) is 2.78. The summed E-state index contributed by atoms with van der Waals surface area (Å²) in [7, 11) is 0. The molecule has 4 unspecified atom stereocenters. The zero-order chi connectivity index (χ0) is 12.4. The van der Waals surface area contributed by atoms with Crippen LogP contribution in [0, 0.1) is 24.7 Å². The molecule has 0 amide bonds. The van der Waals surface area contributed by atoms with E-state index in [-0.39, 0.29) is 6.10 Å². The first kappa shape index (κ1) is 13.0. The van der Waals surface area contributed by atoms with Gasteiger partial charge >= 0.3 is 0 Å². The maximum absolute atomic E-state index is 10.3. The highest BCUT2D eigenvalue weighted by molar-refractivity contribution is 7.09. The lowest BCUT2D eigenvalue weighted by Gasteiger charge is -2.34. The van der Waals surface area contributed by atoms with Crippen LogP contribution in [0.5, 0.6) is 0 Å². The Hall–Kier alpha value is -0.410. The number of aliphatic hydroxyl groups excluding tert-OH is 1. The third-order valence-electron chi connectivity index (χ3n) is 4.23. The summed E-state index contributed by atoms with van der Waals surface area (Å²) in [6.45, 7) is 6.66. The third-order valence-corrected chi connectivity index (χ3v) is 5.22. The van der Waals surface area contributed by atoms with E-state index < -0.39 is 0 Å². The van der Waals surface area contributed by atoms with Gasteiger partial charge in [-0.3, -0.25) is 0 Å². The summed E-state index contributed by atoms with van der Waals surface area (Å²) in [4.78, 5) is 4.44. The second-order valence-electron chi connectivity index (χ2n) is 5.68. The van der Waals surface area contributed by atoms with E-state index in [4.69, 9.17) is 0 Å². The van der Waals surface area contributed by atoms with Crippen molar-refractivity contribution in [2.45, 2.75) is 52.6 Å². The zero-order valence-corrected chi connectivity index (χ0v) is 11.8. The highest BCUT2D eigenvalue weighted by Crippen LogP contribution is 2.35. The Labute approximate surface area is 108 Å². The average Bonchev–Trinajstić information content (AvgIpc) is 2.68. The van der Waals surface area contributed by atoms with Crippen molar-refractivity contribution >= 4 is 11.3 Å². The summed E-state index contributed by atoms with van der Waals surface area (Å²) < 4.78 is 0. The van der Waals surface area contributed by atoms with E-state index in [9.17, 15) is 5.11 Å². The van der Waals surface area contributed by atoms with Gasteiger partial charge in [0.05, 0.1) is 11.1 Å². The molecular formula is C14H23NOS. The summed E-state index contributed by atoms with van der Waals surface area (Å²) in [6, 6.07) is 0. The number of aryl methyl sites for hydroxylation is 1. The lowest BCUT2D eigenvalue weighted by molar-refractivity contribution is 0.0570. The van der Waals surface area contributed by atoms with Gasteiger partial charge in [-0.2, -0.15) is 0 Å². The molecule has 0 saturated heterocycles. The number of aromatic nitrogens is 1. The first-order valence-corrected chi connectivity index (χ1v) is 7.53. The van der Waals surface area contributed by atoms with Crippen LogP contribution in [0.15, 0.2) is 5.38 Å². The third kappa shape index (κ3) is 3.29. The van der Waals surface area contributed by atoms with Crippen LogP contribution in [-0.4, -0.2) is 16.2 Å². The van der Waals surface area contributed by atoms with Crippen LogP contribution in [0.3, 0.4) is 0 Å². The predicted molar refractivity (Wildman–Crippen MR) is 72.2 cm³/mol. The summed E-state index contributed by atoms with van der Waals surface area (Å²) in [6.07, 6.45) is 4.16. The van der Waals surface area contributed by atoms with E-state index in [0.717, 1.165) is 29.0 Å². The highest BCUT2D eigenvalue weighted by atomic mass is 32.1. The molecule has 3 heteroatoms. The molecule has 0 aromatic carbocycles. The molecule has 1 fully saturated rings. The van der Waals surface area contributed by atoms with Gasteiger partial charge in [0.1, 0.15) is 0 Å². The maximum Gasteiger partial charge on any atom is 0.0954 e. The van der Waals surface area contributed by atoms with Gasteiger partial charge in [-0.1, -0.05) is 20.3 Å². The van der Waals surface area contributed by atoms with Crippen LogP contribution in [0.4, 0.5) is 0 Å². The fraction of sp³-hybridized carbons (Fsp3) is 0.786. The summed E-state index contributed by atoms with van der Waals surface area (Å²) >= 11 is 1.67. The first-order valence-electron chi connectivity index (χ1n) is 6.65. The van der Waals surface area contributed by atoms with Crippen LogP contribution >= 0.6 is 11.3 Å². The van der Waals surface area contributed by atoms with Gasteiger partial charge in [-0.05, 0) is 37.5 Å². The molecule has 96 valence electrons. The minimum absolute atomic E-state index is 0.199. The van der Waals surface area contributed by atoms with Crippen molar-refractivity contribution in [1.82, 2.24) is 4.98 Å². The smallest absolute Gasteiger partial charge is 0.0954 e. The number of hydrogen-bond donors (Lipinski definition) is 1. The fourth-order valence-corrected chi connectivity index (χ4v) is 3.60. The van der Waals surface area contributed by atoms with Gasteiger partial charge in [0.2, 0.25) is 0 Å². The molecule has 0 aliphatic heterocycles. The molecule has 1 heterocycles. The number of nitrogens with zero attached hydrogens (tertiary/aromatic N) is 1. The highest BCUT2D eigenvalue weighted by Gasteiger charge is 2.29. The van der Waals surface area contributed by atoms with E-state index >= 15 is 0 Å². The molecule has 1 saturated carbocycles. The normalized spacial score (nSPS) is 31.4. The Bertz CT molecular complexity index is 363. The van der Waals surface area contributed by atoms with E-state index in [1.807, 2.05) is 6.92 Å². The molecule has 1 aromatic rings. The van der Waals surface area contributed by atoms with Crippen molar-refractivity contribution in [1.29, 1.82) is 0 Å². The molecule has 1 aromatic heterocycles.